The fourth-order valence-corrected chi connectivity index (χ4v) is 2.51. The van der Waals surface area contributed by atoms with E-state index in [2.05, 4.69) is 5.48 Å². The minimum absolute atomic E-state index is 0.172. The number of hydrogen-bond donors (Lipinski definition) is 1. The molecule has 25 heavy (non-hydrogen) atoms. The molecule has 2 rings (SSSR count). The second-order valence-corrected chi connectivity index (χ2v) is 11.1. The molecule has 2 aromatic rings. The Morgan fingerprint density at radius 2 is 1.44 bits per heavy atom. The highest BCUT2D eigenvalue weighted by Gasteiger charge is 2.17. The summed E-state index contributed by atoms with van der Waals surface area (Å²) in [4.78, 5) is 24.5. The molecule has 0 saturated heterocycles. The van der Waals surface area contributed by atoms with E-state index in [-0.39, 0.29) is 18.0 Å². The van der Waals surface area contributed by atoms with Crippen LogP contribution in [0.3, 0.4) is 0 Å². The fraction of sp³-hybridized carbons (Fsp3) is 0.200. The smallest absolute Gasteiger partial charge is 0.220 e. The molecule has 130 valence electrons. The minimum atomic E-state index is -1.82. The van der Waals surface area contributed by atoms with E-state index in [9.17, 15) is 9.59 Å². The van der Waals surface area contributed by atoms with Crippen molar-refractivity contribution in [1.29, 1.82) is 0 Å². The molecule has 0 spiro atoms. The summed E-state index contributed by atoms with van der Waals surface area (Å²) in [6, 6.07) is 18.3. The topological polar surface area (TPSA) is 55.4 Å². The highest BCUT2D eigenvalue weighted by Crippen LogP contribution is 2.14. The number of carbonyl (C=O) groups excluding carboxylic acids is 2. The van der Waals surface area contributed by atoms with Gasteiger partial charge < -0.3 is 4.53 Å². The van der Waals surface area contributed by atoms with E-state index in [1.807, 2.05) is 56.0 Å². The molecule has 0 unspecified atom stereocenters. The van der Waals surface area contributed by atoms with E-state index in [0.29, 0.717) is 11.3 Å². The van der Waals surface area contributed by atoms with Crippen LogP contribution in [-0.4, -0.2) is 19.9 Å². The maximum absolute atomic E-state index is 12.4. The Balaban J connectivity index is 2.15. The number of carbonyl (C=O) groups is 2. The van der Waals surface area contributed by atoms with E-state index < -0.39 is 8.32 Å². The van der Waals surface area contributed by atoms with Crippen LogP contribution in [0.15, 0.2) is 66.7 Å². The van der Waals surface area contributed by atoms with Crippen molar-refractivity contribution in [2.75, 3.05) is 0 Å². The molecule has 2 aromatic carbocycles. The molecule has 0 saturated carbocycles. The molecule has 0 aliphatic rings. The van der Waals surface area contributed by atoms with Gasteiger partial charge in [-0.1, -0.05) is 60.7 Å². The maximum atomic E-state index is 12.4. The number of benzene rings is 2. The average Bonchev–Trinajstić information content (AvgIpc) is 2.59. The third kappa shape index (κ3) is 6.49. The minimum Gasteiger partial charge on any atom is -0.323 e. The highest BCUT2D eigenvalue weighted by molar-refractivity contribution is 6.69. The van der Waals surface area contributed by atoms with Crippen molar-refractivity contribution in [3.05, 3.63) is 77.9 Å². The van der Waals surface area contributed by atoms with Gasteiger partial charge in [-0.25, -0.2) is 0 Å². The summed E-state index contributed by atoms with van der Waals surface area (Å²) in [5, 5.41) is 0. The maximum Gasteiger partial charge on any atom is 0.220 e. The lowest BCUT2D eigenvalue weighted by Crippen LogP contribution is -2.33. The van der Waals surface area contributed by atoms with Gasteiger partial charge in [0, 0.05) is 11.6 Å². The number of rotatable bonds is 8. The molecule has 1 N–H and O–H groups in total. The van der Waals surface area contributed by atoms with Crippen molar-refractivity contribution >= 4 is 25.6 Å². The van der Waals surface area contributed by atoms with E-state index in [0.717, 1.165) is 5.56 Å². The van der Waals surface area contributed by atoms with Crippen LogP contribution in [0.2, 0.25) is 19.6 Å². The molecule has 4 nitrogen and oxygen atoms in total. The van der Waals surface area contributed by atoms with Crippen LogP contribution in [0, 0.1) is 0 Å². The Kier molecular flexibility index (Phi) is 6.44. The van der Waals surface area contributed by atoms with E-state index in [1.165, 1.54) is 6.08 Å². The summed E-state index contributed by atoms with van der Waals surface area (Å²) in [7, 11) is -1.82. The second kappa shape index (κ2) is 8.55. The number of hydrogen-bond acceptors (Lipinski definition) is 4. The second-order valence-electron chi connectivity index (χ2n) is 6.67. The molecule has 0 fully saturated rings. The zero-order valence-electron chi connectivity index (χ0n) is 14.8. The van der Waals surface area contributed by atoms with Crippen LogP contribution in [0.1, 0.15) is 22.3 Å². The van der Waals surface area contributed by atoms with Crippen LogP contribution in [0.25, 0.3) is 5.70 Å². The normalized spacial score (nSPS) is 11.9. The standard InChI is InChI=1S/C20H23NO3Si/c1-25(2,3)24-21-19(16-10-6-4-7-11-16)14-18(22)15-20(23)17-12-8-5-9-13-17/h4-14,21H,15H2,1-3H3. The van der Waals surface area contributed by atoms with Gasteiger partial charge in [0.05, 0.1) is 12.1 Å². The van der Waals surface area contributed by atoms with Crippen molar-refractivity contribution in [3.8, 4) is 0 Å². The van der Waals surface area contributed by atoms with E-state index in [1.54, 1.807) is 24.3 Å². The lowest BCUT2D eigenvalue weighted by Gasteiger charge is -2.20. The highest BCUT2D eigenvalue weighted by atomic mass is 28.4. The lowest BCUT2D eigenvalue weighted by atomic mass is 10.0. The number of nitrogens with one attached hydrogen (secondary N) is 1. The first-order chi connectivity index (χ1) is 11.8. The average molecular weight is 353 g/mol. The summed E-state index contributed by atoms with van der Waals surface area (Å²) in [6.45, 7) is 6.14. The molecule has 0 aliphatic heterocycles. The van der Waals surface area contributed by atoms with Gasteiger partial charge in [-0.2, -0.15) is 0 Å². The molecule has 0 bridgehead atoms. The quantitative estimate of drug-likeness (QED) is 0.254. The van der Waals surface area contributed by atoms with Crippen molar-refractivity contribution in [1.82, 2.24) is 5.48 Å². The Hall–Kier alpha value is -2.50. The summed E-state index contributed by atoms with van der Waals surface area (Å²) in [5.41, 5.74) is 4.85. The van der Waals surface area contributed by atoms with Crippen LogP contribution in [0.4, 0.5) is 0 Å². The predicted molar refractivity (Wildman–Crippen MR) is 102 cm³/mol. The molecule has 0 radical (unpaired) electrons. The van der Waals surface area contributed by atoms with E-state index >= 15 is 0 Å². The number of hydroxylamine groups is 1. The van der Waals surface area contributed by atoms with Gasteiger partial charge in [0.15, 0.2) is 11.6 Å². The monoisotopic (exact) mass is 353 g/mol. The molecular formula is C20H23NO3Si. The van der Waals surface area contributed by atoms with Gasteiger partial charge >= 0.3 is 0 Å². The number of allylic oxidation sites excluding steroid dienone is 1. The van der Waals surface area contributed by atoms with Crippen molar-refractivity contribution in [3.63, 3.8) is 0 Å². The molecule has 0 atom stereocenters. The number of ketones is 2. The fourth-order valence-electron chi connectivity index (χ4n) is 2.09. The summed E-state index contributed by atoms with van der Waals surface area (Å²) in [5.74, 6) is -0.459. The summed E-state index contributed by atoms with van der Waals surface area (Å²) < 4.78 is 5.72. The Morgan fingerprint density at radius 1 is 0.920 bits per heavy atom. The van der Waals surface area contributed by atoms with E-state index in [4.69, 9.17) is 4.53 Å². The van der Waals surface area contributed by atoms with Crippen molar-refractivity contribution in [2.24, 2.45) is 0 Å². The largest absolute Gasteiger partial charge is 0.323 e. The molecule has 0 aromatic heterocycles. The SMILES string of the molecule is C[Si](C)(C)ONC(=CC(=O)CC(=O)c1ccccc1)c1ccccc1. The number of Topliss-reactive ketones (excluding diaryl/α,β-unsaturated/α-hetero) is 1. The predicted octanol–water partition coefficient (Wildman–Crippen LogP) is 4.23. The molecule has 5 heteroatoms. The molecule has 0 amide bonds. The Bertz CT molecular complexity index is 750. The third-order valence-corrected chi connectivity index (χ3v) is 4.00. The molecular weight excluding hydrogens is 330 g/mol. The zero-order chi connectivity index (χ0) is 18.3. The Morgan fingerprint density at radius 3 is 1.96 bits per heavy atom. The Labute approximate surface area is 149 Å². The zero-order valence-corrected chi connectivity index (χ0v) is 15.8. The van der Waals surface area contributed by atoms with Crippen molar-refractivity contribution < 1.29 is 14.1 Å². The summed E-state index contributed by atoms with van der Waals surface area (Å²) >= 11 is 0. The van der Waals surface area contributed by atoms with Crippen LogP contribution in [-0.2, 0) is 9.32 Å². The van der Waals surface area contributed by atoms with Gasteiger partial charge in [0.1, 0.15) is 0 Å². The third-order valence-electron chi connectivity index (χ3n) is 3.29. The lowest BCUT2D eigenvalue weighted by molar-refractivity contribution is -0.113. The van der Waals surface area contributed by atoms with Crippen LogP contribution >= 0.6 is 0 Å². The van der Waals surface area contributed by atoms with Gasteiger partial charge in [-0.05, 0) is 25.2 Å². The van der Waals surface area contributed by atoms with Crippen LogP contribution < -0.4 is 5.48 Å². The summed E-state index contributed by atoms with van der Waals surface area (Å²) in [6.07, 6.45) is 1.27. The van der Waals surface area contributed by atoms with Gasteiger partial charge in [-0.3, -0.25) is 15.1 Å². The van der Waals surface area contributed by atoms with Crippen LogP contribution in [0.5, 0.6) is 0 Å². The molecule has 0 heterocycles. The van der Waals surface area contributed by atoms with Gasteiger partial charge in [-0.15, -0.1) is 0 Å². The van der Waals surface area contributed by atoms with Gasteiger partial charge in [0.2, 0.25) is 8.32 Å². The first-order valence-electron chi connectivity index (χ1n) is 8.17. The van der Waals surface area contributed by atoms with Gasteiger partial charge in [0.25, 0.3) is 0 Å². The van der Waals surface area contributed by atoms with Crippen molar-refractivity contribution in [2.45, 2.75) is 26.1 Å². The first kappa shape index (κ1) is 18.8. The first-order valence-corrected chi connectivity index (χ1v) is 11.6. The molecule has 0 aliphatic carbocycles.